The van der Waals surface area contributed by atoms with Crippen molar-refractivity contribution in [3.05, 3.63) is 70.0 Å². The summed E-state index contributed by atoms with van der Waals surface area (Å²) in [5.74, 6) is 0.434. The standard InChI is InChI=1S/C17H13ClN4O2/c18-12-8-21-17-11(2-5-20-17)16(12)10-1-4-19-15(7-10)22-6-3-13(23)14(24)9-22/h1-6,8-10,24H,7H2,(H,20,21). The van der Waals surface area contributed by atoms with Gasteiger partial charge < -0.3 is 14.7 Å². The van der Waals surface area contributed by atoms with Crippen molar-refractivity contribution in [1.29, 1.82) is 0 Å². The molecule has 3 aromatic heterocycles. The van der Waals surface area contributed by atoms with Gasteiger partial charge in [-0.05, 0) is 11.6 Å². The maximum atomic E-state index is 11.4. The smallest absolute Gasteiger partial charge is 0.223 e. The van der Waals surface area contributed by atoms with Crippen LogP contribution in [0, 0.1) is 0 Å². The number of nitrogens with zero attached hydrogens (tertiary/aromatic N) is 3. The number of fused-ring (bicyclic) bond motifs is 1. The lowest BCUT2D eigenvalue weighted by Crippen LogP contribution is -2.19. The summed E-state index contributed by atoms with van der Waals surface area (Å²) in [5, 5.41) is 11.2. The largest absolute Gasteiger partial charge is 0.503 e. The molecule has 0 radical (unpaired) electrons. The summed E-state index contributed by atoms with van der Waals surface area (Å²) >= 11 is 6.39. The second-order valence-corrected chi connectivity index (χ2v) is 5.97. The molecule has 6 nitrogen and oxygen atoms in total. The predicted octanol–water partition coefficient (Wildman–Crippen LogP) is 3.03. The van der Waals surface area contributed by atoms with Gasteiger partial charge in [-0.15, -0.1) is 0 Å². The normalized spacial score (nSPS) is 17.2. The molecule has 1 unspecified atom stereocenters. The highest BCUT2D eigenvalue weighted by molar-refractivity contribution is 6.32. The van der Waals surface area contributed by atoms with Crippen molar-refractivity contribution in [2.75, 3.05) is 0 Å². The van der Waals surface area contributed by atoms with Crippen molar-refractivity contribution >= 4 is 28.5 Å². The van der Waals surface area contributed by atoms with Gasteiger partial charge in [0.1, 0.15) is 11.5 Å². The SMILES string of the molecule is O=c1ccn(C2=NC=CC(c3c(Cl)cnc4[nH]ccc34)C2)cc1O. The number of allylic oxidation sites excluding steroid dienone is 1. The highest BCUT2D eigenvalue weighted by Gasteiger charge is 2.21. The van der Waals surface area contributed by atoms with Crippen LogP contribution in [-0.4, -0.2) is 25.5 Å². The number of hydrogen-bond acceptors (Lipinski definition) is 4. The molecule has 0 amide bonds. The Hall–Kier alpha value is -2.86. The zero-order valence-electron chi connectivity index (χ0n) is 12.5. The third-order valence-corrected chi connectivity index (χ3v) is 4.39. The first-order chi connectivity index (χ1) is 11.6. The van der Waals surface area contributed by atoms with Crippen LogP contribution in [0.5, 0.6) is 5.75 Å². The van der Waals surface area contributed by atoms with Gasteiger partial charge in [0.2, 0.25) is 5.43 Å². The molecule has 0 saturated heterocycles. The molecule has 0 bridgehead atoms. The number of aliphatic imine (C=N–C) groups is 1. The maximum Gasteiger partial charge on any atom is 0.223 e. The fourth-order valence-electron chi connectivity index (χ4n) is 2.93. The summed E-state index contributed by atoms with van der Waals surface area (Å²) in [6.45, 7) is 0. The van der Waals surface area contributed by atoms with Crippen LogP contribution >= 0.6 is 11.6 Å². The topological polar surface area (TPSA) is 83.3 Å². The minimum absolute atomic E-state index is 0.0212. The fourth-order valence-corrected chi connectivity index (χ4v) is 3.22. The summed E-state index contributed by atoms with van der Waals surface area (Å²) in [6, 6.07) is 3.27. The lowest BCUT2D eigenvalue weighted by Gasteiger charge is -2.21. The van der Waals surface area contributed by atoms with Crippen LogP contribution in [0.2, 0.25) is 5.02 Å². The number of H-pyrrole nitrogens is 1. The molecule has 1 atom stereocenters. The monoisotopic (exact) mass is 340 g/mol. The van der Waals surface area contributed by atoms with Crippen molar-refractivity contribution in [2.45, 2.75) is 12.3 Å². The maximum absolute atomic E-state index is 11.4. The van der Waals surface area contributed by atoms with Crippen molar-refractivity contribution in [3.63, 3.8) is 0 Å². The van der Waals surface area contributed by atoms with E-state index in [0.29, 0.717) is 11.4 Å². The molecule has 3 aromatic rings. The number of halogens is 1. The molecule has 7 heteroatoms. The van der Waals surface area contributed by atoms with Gasteiger partial charge in [0, 0.05) is 48.6 Å². The van der Waals surface area contributed by atoms with Crippen LogP contribution in [0.4, 0.5) is 0 Å². The number of hydrogen-bond donors (Lipinski definition) is 2. The van der Waals surface area contributed by atoms with E-state index in [9.17, 15) is 9.90 Å². The average Bonchev–Trinajstić information content (AvgIpc) is 3.06. The number of aromatic hydroxyl groups is 1. The minimum Gasteiger partial charge on any atom is -0.503 e. The van der Waals surface area contributed by atoms with E-state index < -0.39 is 5.43 Å². The lowest BCUT2D eigenvalue weighted by molar-refractivity contribution is 0.466. The second-order valence-electron chi connectivity index (χ2n) is 5.56. The van der Waals surface area contributed by atoms with Gasteiger partial charge in [0.15, 0.2) is 5.75 Å². The Morgan fingerprint density at radius 3 is 3.08 bits per heavy atom. The van der Waals surface area contributed by atoms with Gasteiger partial charge in [0.05, 0.1) is 11.2 Å². The summed E-state index contributed by atoms with van der Waals surface area (Å²) in [5.41, 5.74) is 1.35. The number of nitrogens with one attached hydrogen (secondary N) is 1. The van der Waals surface area contributed by atoms with Crippen LogP contribution in [0.25, 0.3) is 11.0 Å². The van der Waals surface area contributed by atoms with E-state index >= 15 is 0 Å². The molecule has 120 valence electrons. The number of aromatic amines is 1. The van der Waals surface area contributed by atoms with Gasteiger partial charge >= 0.3 is 0 Å². The fraction of sp³-hybridized carbons (Fsp3) is 0.118. The Morgan fingerprint density at radius 1 is 1.38 bits per heavy atom. The Balaban J connectivity index is 1.74. The molecule has 4 rings (SSSR count). The van der Waals surface area contributed by atoms with Crippen LogP contribution in [0.3, 0.4) is 0 Å². The van der Waals surface area contributed by atoms with E-state index in [-0.39, 0.29) is 11.7 Å². The molecule has 4 heterocycles. The number of rotatable bonds is 1. The summed E-state index contributed by atoms with van der Waals surface area (Å²) in [7, 11) is 0. The predicted molar refractivity (Wildman–Crippen MR) is 92.8 cm³/mol. The van der Waals surface area contributed by atoms with Gasteiger partial charge in [0.25, 0.3) is 0 Å². The zero-order chi connectivity index (χ0) is 16.7. The highest BCUT2D eigenvalue weighted by Crippen LogP contribution is 2.35. The lowest BCUT2D eigenvalue weighted by atomic mass is 9.92. The quantitative estimate of drug-likeness (QED) is 0.714. The number of aromatic nitrogens is 3. The van der Waals surface area contributed by atoms with Gasteiger partial charge in [-0.3, -0.25) is 4.79 Å². The van der Waals surface area contributed by atoms with E-state index in [1.165, 1.54) is 12.3 Å². The molecule has 0 aliphatic carbocycles. The van der Waals surface area contributed by atoms with Gasteiger partial charge in [-0.1, -0.05) is 17.7 Å². The first kappa shape index (κ1) is 14.7. The molecule has 1 aliphatic heterocycles. The molecule has 1 aliphatic rings. The Kier molecular flexibility index (Phi) is 3.46. The Bertz CT molecular complexity index is 1050. The first-order valence-corrected chi connectivity index (χ1v) is 7.78. The van der Waals surface area contributed by atoms with E-state index in [1.807, 2.05) is 18.3 Å². The van der Waals surface area contributed by atoms with E-state index in [4.69, 9.17) is 11.6 Å². The molecule has 0 aromatic carbocycles. The van der Waals surface area contributed by atoms with Crippen LogP contribution in [0.15, 0.2) is 59.0 Å². The molecular formula is C17H13ClN4O2. The van der Waals surface area contributed by atoms with Gasteiger partial charge in [-0.2, -0.15) is 0 Å². The molecule has 2 N–H and O–H groups in total. The molecule has 0 fully saturated rings. The zero-order valence-corrected chi connectivity index (χ0v) is 13.2. The van der Waals surface area contributed by atoms with E-state index in [0.717, 1.165) is 22.4 Å². The van der Waals surface area contributed by atoms with Crippen molar-refractivity contribution < 1.29 is 5.11 Å². The first-order valence-electron chi connectivity index (χ1n) is 7.40. The average molecular weight is 341 g/mol. The van der Waals surface area contributed by atoms with Crippen LogP contribution in [-0.2, 0) is 0 Å². The molecular weight excluding hydrogens is 328 g/mol. The van der Waals surface area contributed by atoms with Crippen molar-refractivity contribution in [1.82, 2.24) is 14.5 Å². The second kappa shape index (κ2) is 5.65. The molecule has 24 heavy (non-hydrogen) atoms. The summed E-state index contributed by atoms with van der Waals surface area (Å²) < 4.78 is 1.65. The van der Waals surface area contributed by atoms with E-state index in [1.54, 1.807) is 23.2 Å². The third kappa shape index (κ3) is 2.41. The minimum atomic E-state index is -0.416. The van der Waals surface area contributed by atoms with Crippen LogP contribution in [0.1, 0.15) is 17.9 Å². The molecule has 0 spiro atoms. The van der Waals surface area contributed by atoms with Crippen molar-refractivity contribution in [2.24, 2.45) is 4.99 Å². The van der Waals surface area contributed by atoms with E-state index in [2.05, 4.69) is 15.0 Å². The highest BCUT2D eigenvalue weighted by atomic mass is 35.5. The van der Waals surface area contributed by atoms with Crippen LogP contribution < -0.4 is 5.43 Å². The van der Waals surface area contributed by atoms with Crippen molar-refractivity contribution in [3.8, 4) is 5.75 Å². The molecule has 0 saturated carbocycles. The summed E-state index contributed by atoms with van der Waals surface area (Å²) in [4.78, 5) is 23.1. The summed E-state index contributed by atoms with van der Waals surface area (Å²) in [6.07, 6.45) is 10.7. The van der Waals surface area contributed by atoms with Gasteiger partial charge in [-0.25, -0.2) is 9.98 Å². The third-order valence-electron chi connectivity index (χ3n) is 4.09. The Labute approximate surface area is 141 Å². The number of pyridine rings is 2. The Morgan fingerprint density at radius 2 is 2.25 bits per heavy atom.